The van der Waals surface area contributed by atoms with Crippen molar-refractivity contribution in [2.24, 2.45) is 28.6 Å². The van der Waals surface area contributed by atoms with Gasteiger partial charge in [-0.3, -0.25) is 0 Å². The summed E-state index contributed by atoms with van der Waals surface area (Å²) in [6.45, 7) is 16.2. The average Bonchev–Trinajstić information content (AvgIpc) is 3.34. The molecule has 3 fully saturated rings. The third-order valence-corrected chi connectivity index (χ3v) is 19.2. The van der Waals surface area contributed by atoms with Gasteiger partial charge in [0.25, 0.3) is 0 Å². The number of nitrogens with zero attached hydrogens (tertiary/aromatic N) is 2. The number of hydrogen-bond acceptors (Lipinski definition) is 1. The van der Waals surface area contributed by atoms with Gasteiger partial charge in [0, 0.05) is 0 Å². The van der Waals surface area contributed by atoms with Crippen molar-refractivity contribution >= 4 is 19.8 Å². The first kappa shape index (κ1) is 24.1. The van der Waals surface area contributed by atoms with Crippen LogP contribution in [-0.4, -0.2) is 22.1 Å². The van der Waals surface area contributed by atoms with Gasteiger partial charge in [0.1, 0.15) is 0 Å². The molecule has 0 N–H and O–H groups in total. The summed E-state index contributed by atoms with van der Waals surface area (Å²) in [5, 5.41) is 4.68. The van der Waals surface area contributed by atoms with Gasteiger partial charge in [-0.1, -0.05) is 0 Å². The van der Waals surface area contributed by atoms with E-state index < -0.39 is 19.8 Å². The van der Waals surface area contributed by atoms with Crippen molar-refractivity contribution in [1.29, 1.82) is 0 Å². The third kappa shape index (κ3) is 4.39. The molecule has 3 aliphatic rings. The molecule has 2 aliphatic heterocycles. The van der Waals surface area contributed by atoms with Crippen LogP contribution < -0.4 is 0 Å². The number of fused-ring (bicyclic) bond motifs is 3. The Hall–Kier alpha value is -0.0600. The molecule has 2 nitrogen and oxygen atoms in total. The molecule has 178 valence electrons. The van der Waals surface area contributed by atoms with Gasteiger partial charge in [-0.25, -0.2) is 0 Å². The minimum absolute atomic E-state index is 0.636. The van der Waals surface area contributed by atoms with Crippen molar-refractivity contribution in [3.05, 3.63) is 18.0 Å². The zero-order chi connectivity index (χ0) is 22.2. The Morgan fingerprint density at radius 2 is 1.94 bits per heavy atom. The molecule has 1 aliphatic carbocycles. The van der Waals surface area contributed by atoms with Crippen LogP contribution in [0.4, 0.5) is 0 Å². The van der Waals surface area contributed by atoms with E-state index in [-0.39, 0.29) is 0 Å². The predicted molar refractivity (Wildman–Crippen MR) is 143 cm³/mol. The van der Waals surface area contributed by atoms with Crippen molar-refractivity contribution in [2.75, 3.05) is 4.43 Å². The van der Waals surface area contributed by atoms with Gasteiger partial charge < -0.3 is 0 Å². The monoisotopic (exact) mass is 540 g/mol. The van der Waals surface area contributed by atoms with E-state index in [1.54, 1.807) is 23.7 Å². The van der Waals surface area contributed by atoms with Crippen molar-refractivity contribution in [3.8, 4) is 0 Å². The van der Waals surface area contributed by atoms with Gasteiger partial charge in [0.2, 0.25) is 0 Å². The van der Waals surface area contributed by atoms with Gasteiger partial charge in [-0.15, -0.1) is 0 Å². The molecule has 2 saturated heterocycles. The van der Waals surface area contributed by atoms with Crippen molar-refractivity contribution in [1.82, 2.24) is 9.78 Å². The fourth-order valence-corrected chi connectivity index (χ4v) is 19.9. The molecule has 4 rings (SSSR count). The summed E-state index contributed by atoms with van der Waals surface area (Å²) >= 11 is -0.914. The van der Waals surface area contributed by atoms with Crippen LogP contribution in [0, 0.1) is 28.6 Å². The molecule has 1 aromatic heterocycles. The van der Waals surface area contributed by atoms with Crippen molar-refractivity contribution in [3.63, 3.8) is 0 Å². The minimum atomic E-state index is -0.914. The molecule has 0 amide bonds. The Morgan fingerprint density at radius 3 is 2.61 bits per heavy atom. The first-order chi connectivity index (χ1) is 14.9. The second-order valence-corrected chi connectivity index (χ2v) is 18.4. The van der Waals surface area contributed by atoms with Crippen LogP contribution in [0.1, 0.15) is 105 Å². The summed E-state index contributed by atoms with van der Waals surface area (Å²) in [5.74, 6) is 2.72. The van der Waals surface area contributed by atoms with Crippen LogP contribution >= 0.6 is 19.8 Å². The molecule has 7 unspecified atom stereocenters. The van der Waals surface area contributed by atoms with Crippen LogP contribution in [0.5, 0.6) is 0 Å². The van der Waals surface area contributed by atoms with Crippen LogP contribution in [0.2, 0.25) is 0 Å². The summed E-state index contributed by atoms with van der Waals surface area (Å²) in [6, 6.07) is 0. The number of halogens is 1. The summed E-state index contributed by atoms with van der Waals surface area (Å²) in [5.41, 5.74) is 2.67. The Labute approximate surface area is 200 Å². The van der Waals surface area contributed by atoms with E-state index in [1.165, 1.54) is 48.0 Å². The molecule has 7 atom stereocenters. The zero-order valence-electron chi connectivity index (χ0n) is 21.3. The summed E-state index contributed by atoms with van der Waals surface area (Å²) < 4.78 is 6.22. The van der Waals surface area contributed by atoms with Gasteiger partial charge in [-0.05, 0) is 0 Å². The van der Waals surface area contributed by atoms with Crippen LogP contribution in [-0.2, 0) is 13.0 Å². The SMILES string of the molecule is CCCC1C2CCC3(C)C(C(C)Cn4cc(CC)cn4)CCC3I2CCC1(C)CCC. The number of rotatable bonds is 8. The third-order valence-electron chi connectivity index (χ3n) is 9.84. The number of aromatic nitrogens is 2. The van der Waals surface area contributed by atoms with Gasteiger partial charge >= 0.3 is 201 Å². The summed E-state index contributed by atoms with van der Waals surface area (Å²) in [6.07, 6.45) is 19.0. The summed E-state index contributed by atoms with van der Waals surface area (Å²) in [4.78, 5) is 0. The first-order valence-electron chi connectivity index (χ1n) is 13.5. The van der Waals surface area contributed by atoms with Gasteiger partial charge in [0.15, 0.2) is 0 Å². The zero-order valence-corrected chi connectivity index (χ0v) is 23.5. The Morgan fingerprint density at radius 1 is 1.13 bits per heavy atom. The number of hydrogen-bond donors (Lipinski definition) is 0. The quantitative estimate of drug-likeness (QED) is 0.240. The standard InChI is InChI=1S/C28H49IN2/c1-7-10-24-25-13-15-28(6)23(21(4)19-31-20-22(9-3)18-30-31)11-12-26(28)29(25)17-16-27(24,5)14-8-2/h18,20-21,23-26H,7-17,19H2,1-6H3. The van der Waals surface area contributed by atoms with E-state index in [0.29, 0.717) is 10.8 Å². The average molecular weight is 541 g/mol. The van der Waals surface area contributed by atoms with Gasteiger partial charge in [0.05, 0.1) is 0 Å². The molecular formula is C28H49IN2. The van der Waals surface area contributed by atoms with Gasteiger partial charge in [-0.2, -0.15) is 0 Å². The van der Waals surface area contributed by atoms with Crippen LogP contribution in [0.3, 0.4) is 0 Å². The molecule has 1 aromatic rings. The van der Waals surface area contributed by atoms with Crippen molar-refractivity contribution < 1.29 is 0 Å². The normalized spacial score (nSPS) is 39.9. The molecular weight excluding hydrogens is 491 g/mol. The summed E-state index contributed by atoms with van der Waals surface area (Å²) in [7, 11) is 0. The second kappa shape index (κ2) is 9.66. The van der Waals surface area contributed by atoms with Crippen molar-refractivity contribution in [2.45, 2.75) is 120 Å². The molecule has 3 heterocycles. The topological polar surface area (TPSA) is 17.8 Å². The maximum absolute atomic E-state index is 4.68. The first-order valence-corrected chi connectivity index (χ1v) is 17.5. The fourth-order valence-electron chi connectivity index (χ4n) is 8.19. The molecule has 0 spiro atoms. The van der Waals surface area contributed by atoms with E-state index in [1.807, 2.05) is 0 Å². The molecule has 0 aromatic carbocycles. The van der Waals surface area contributed by atoms with E-state index in [2.05, 4.69) is 63.7 Å². The van der Waals surface area contributed by atoms with Crippen LogP contribution in [0.25, 0.3) is 0 Å². The van der Waals surface area contributed by atoms with E-state index >= 15 is 0 Å². The fraction of sp³-hybridized carbons (Fsp3) is 0.893. The second-order valence-electron chi connectivity index (χ2n) is 11.8. The Bertz CT molecular complexity index is 728. The molecule has 31 heavy (non-hydrogen) atoms. The maximum atomic E-state index is 4.68. The molecule has 3 heteroatoms. The Kier molecular flexibility index (Phi) is 7.51. The molecule has 1 saturated carbocycles. The number of aryl methyl sites for hydroxylation is 1. The van der Waals surface area contributed by atoms with E-state index in [4.69, 9.17) is 0 Å². The molecule has 0 bridgehead atoms. The number of alkyl halides is 3. The molecule has 0 radical (unpaired) electrons. The van der Waals surface area contributed by atoms with Crippen LogP contribution in [0.15, 0.2) is 12.4 Å². The Balaban J connectivity index is 1.50. The predicted octanol–water partition coefficient (Wildman–Crippen LogP) is 8.16. The van der Waals surface area contributed by atoms with E-state index in [0.717, 1.165) is 34.6 Å². The van der Waals surface area contributed by atoms with E-state index in [9.17, 15) is 0 Å².